The van der Waals surface area contributed by atoms with Gasteiger partial charge in [0.2, 0.25) is 11.8 Å². The number of aliphatic carboxylic acids is 2. The van der Waals surface area contributed by atoms with Crippen LogP contribution in [-0.4, -0.2) is 186 Å². The monoisotopic (exact) mass is 1020 g/mol. The van der Waals surface area contributed by atoms with E-state index in [0.717, 1.165) is 12.0 Å². The largest absolute Gasteiger partial charge is 0.481 e. The van der Waals surface area contributed by atoms with Crippen molar-refractivity contribution in [3.8, 4) is 0 Å². The van der Waals surface area contributed by atoms with Crippen LogP contribution in [0.3, 0.4) is 0 Å². The van der Waals surface area contributed by atoms with E-state index in [2.05, 4.69) is 42.5 Å². The van der Waals surface area contributed by atoms with E-state index in [4.69, 9.17) is 4.74 Å². The number of nitrogens with one attached hydrogen (secondary N) is 8. The number of ketones is 3. The Morgan fingerprint density at radius 2 is 1.24 bits per heavy atom. The van der Waals surface area contributed by atoms with Crippen LogP contribution in [0.2, 0.25) is 0 Å². The van der Waals surface area contributed by atoms with Gasteiger partial charge in [-0.2, -0.15) is 0 Å². The summed E-state index contributed by atoms with van der Waals surface area (Å²) in [6, 6.07) is -10.5. The van der Waals surface area contributed by atoms with Crippen molar-refractivity contribution in [2.24, 2.45) is 5.92 Å². The molecule has 4 amide bonds. The number of aldehydes is 5. The van der Waals surface area contributed by atoms with Crippen molar-refractivity contribution in [1.82, 2.24) is 47.4 Å². The van der Waals surface area contributed by atoms with Gasteiger partial charge in [0, 0.05) is 51.0 Å². The first-order chi connectivity index (χ1) is 33.9. The van der Waals surface area contributed by atoms with Crippen molar-refractivity contribution in [2.75, 3.05) is 13.7 Å². The molecular formula is C45H67N9O18. The average molecular weight is 1020 g/mol. The van der Waals surface area contributed by atoms with E-state index in [0.29, 0.717) is 31.4 Å². The lowest BCUT2D eigenvalue weighted by atomic mass is 9.94. The highest BCUT2D eigenvalue weighted by Crippen LogP contribution is 2.17. The van der Waals surface area contributed by atoms with E-state index in [9.17, 15) is 82.1 Å². The number of carboxylic acid groups (broad SMARTS) is 2. The molecular weight excluding hydrogens is 955 g/mol. The highest BCUT2D eigenvalue weighted by molar-refractivity contribution is 5.99. The number of allylic oxidation sites excluding steroid dienone is 1. The molecule has 0 aromatic rings. The third kappa shape index (κ3) is 23.0. The van der Waals surface area contributed by atoms with Gasteiger partial charge in [-0.05, 0) is 53.9 Å². The van der Waals surface area contributed by atoms with E-state index >= 15 is 0 Å². The smallest absolute Gasteiger partial charge is 0.323 e. The minimum atomic E-state index is -1.94. The van der Waals surface area contributed by atoms with Crippen LogP contribution in [0.25, 0.3) is 0 Å². The summed E-state index contributed by atoms with van der Waals surface area (Å²) in [4.78, 5) is 193. The van der Waals surface area contributed by atoms with E-state index in [1.54, 1.807) is 0 Å². The number of esters is 1. The van der Waals surface area contributed by atoms with E-state index in [1.165, 1.54) is 46.8 Å². The Kier molecular flexibility index (Phi) is 28.9. The van der Waals surface area contributed by atoms with Crippen molar-refractivity contribution >= 4 is 90.3 Å². The van der Waals surface area contributed by atoms with Gasteiger partial charge in [0.05, 0.1) is 49.4 Å². The predicted octanol–water partition coefficient (Wildman–Crippen LogP) is -4.12. The molecule has 0 bridgehead atoms. The maximum Gasteiger partial charge on any atom is 0.323 e. The third-order valence-corrected chi connectivity index (χ3v) is 10.8. The molecule has 10 N–H and O–H groups in total. The maximum atomic E-state index is 14.6. The molecule has 0 radical (unpaired) electrons. The van der Waals surface area contributed by atoms with Gasteiger partial charge in [-0.15, -0.1) is 0 Å². The van der Waals surface area contributed by atoms with Crippen LogP contribution in [0, 0.1) is 5.92 Å². The summed E-state index contributed by atoms with van der Waals surface area (Å²) in [5, 5.41) is 38.8. The molecule has 1 aliphatic heterocycles. The Balaban J connectivity index is 3.86. The highest BCUT2D eigenvalue weighted by Gasteiger charge is 2.39. The van der Waals surface area contributed by atoms with E-state index in [-0.39, 0.29) is 25.7 Å². The van der Waals surface area contributed by atoms with Crippen LogP contribution < -0.4 is 42.5 Å². The fourth-order valence-electron chi connectivity index (χ4n) is 6.92. The molecule has 0 spiro atoms. The van der Waals surface area contributed by atoms with E-state index < -0.39 is 170 Å². The number of nitrogens with zero attached hydrogens (tertiary/aromatic N) is 1. The number of carboxylic acids is 2. The molecule has 0 fully saturated rings. The number of carbonyl (C=O) groups is 15. The fourth-order valence-corrected chi connectivity index (χ4v) is 6.92. The molecule has 12 atom stereocenters. The Hall–Kier alpha value is -6.81. The van der Waals surface area contributed by atoms with Crippen molar-refractivity contribution in [1.29, 1.82) is 0 Å². The quantitative estimate of drug-likeness (QED) is 0.0129. The number of amides is 4. The first kappa shape index (κ1) is 63.2. The summed E-state index contributed by atoms with van der Waals surface area (Å²) in [5.74, 6) is -11.7. The second-order valence-corrected chi connectivity index (χ2v) is 17.1. The van der Waals surface area contributed by atoms with Crippen molar-refractivity contribution in [3.63, 3.8) is 0 Å². The normalized spacial score (nSPS) is 20.1. The first-order valence-electron chi connectivity index (χ1n) is 23.0. The van der Waals surface area contributed by atoms with Gasteiger partial charge in [-0.25, -0.2) is 0 Å². The summed E-state index contributed by atoms with van der Waals surface area (Å²) in [6.45, 7) is 6.07. The van der Waals surface area contributed by atoms with Crippen LogP contribution in [0.4, 0.5) is 0 Å². The number of hydrogen-bond acceptors (Lipinski definition) is 21. The molecule has 0 aromatic heterocycles. The second kappa shape index (κ2) is 33.0. The fraction of sp³-hybridized carbons (Fsp3) is 0.622. The summed E-state index contributed by atoms with van der Waals surface area (Å²) < 4.78 is 4.71. The Labute approximate surface area is 414 Å². The molecule has 1 rings (SSSR count). The number of methoxy groups -OCH3 is 1. The Bertz CT molecular complexity index is 2000. The summed E-state index contributed by atoms with van der Waals surface area (Å²) in [7, 11) is 1.01. The summed E-state index contributed by atoms with van der Waals surface area (Å²) in [5.41, 5.74) is 0. The minimum absolute atomic E-state index is 0.0724. The van der Waals surface area contributed by atoms with Gasteiger partial charge in [0.1, 0.15) is 49.4 Å². The first-order valence-corrected chi connectivity index (χ1v) is 23.0. The third-order valence-electron chi connectivity index (χ3n) is 10.8. The standard InChI is InChI=1S/C45H67N9O18/c1-24(19-55)46-32(42(68)51-31(12-14-37(65)66)34(61)18-33(45(71)72-6)47-25(2)20-56)17-35(62)38(48-26(3)21-57)52-43(69)40(50-28(5)23-59)54-15-9-7-8-10-30(60)16-29(11-13-36(63)64)41(67)53-39(44(54)70)49-27(4)22-58/h7,9,19-29,31-33,38-40,46-50H,8,10-18H2,1-6H3,(H,51,68)(H,52,69)(H,53,67)(H,63,64)(H,65,66)/b9-7-/t24-,25-,26-,27-,28-,29+,31-,32+,33+,38+,39+,40+/m0/s1. The number of Topliss-reactive ketones (excluding diaryl/α,β-unsaturated/α-hetero) is 3. The lowest BCUT2D eigenvalue weighted by molar-refractivity contribution is -0.147. The molecule has 0 aliphatic carbocycles. The van der Waals surface area contributed by atoms with Gasteiger partial charge in [-0.3, -0.25) is 74.5 Å². The molecule has 72 heavy (non-hydrogen) atoms. The highest BCUT2D eigenvalue weighted by atomic mass is 16.5. The zero-order valence-corrected chi connectivity index (χ0v) is 40.9. The van der Waals surface area contributed by atoms with Gasteiger partial charge in [-0.1, -0.05) is 12.2 Å². The lowest BCUT2D eigenvalue weighted by Crippen LogP contribution is -2.67. The topological polar surface area (TPSA) is 405 Å². The van der Waals surface area contributed by atoms with Crippen molar-refractivity contribution in [3.05, 3.63) is 12.2 Å². The van der Waals surface area contributed by atoms with Gasteiger partial charge < -0.3 is 59.8 Å². The molecule has 1 aliphatic rings. The van der Waals surface area contributed by atoms with Gasteiger partial charge in [0.25, 0.3) is 11.8 Å². The molecule has 400 valence electrons. The second-order valence-electron chi connectivity index (χ2n) is 17.1. The summed E-state index contributed by atoms with van der Waals surface area (Å²) in [6.07, 6.45) is -5.10. The predicted molar refractivity (Wildman–Crippen MR) is 249 cm³/mol. The SMILES string of the molecule is COC(=O)[C@@H](CC(=O)[C@H](CCC(=O)O)NC(=O)[C@@H](CC(=O)[C@@H](NC(=O)[C@H](N[C@@H](C)C=O)N1C/C=C\CCC(=O)C[C@@H](CCC(=O)O)C(=O)N[C@@H](N[C@@H](C)C=O)C1=O)N[C@@H](C)C=O)N[C@@H](C)C=O)N[C@@H](C)C=O. The number of carbonyl (C=O) groups excluding carboxylic acids is 13. The summed E-state index contributed by atoms with van der Waals surface area (Å²) >= 11 is 0. The van der Waals surface area contributed by atoms with Crippen molar-refractivity contribution in [2.45, 2.75) is 159 Å². The zero-order valence-electron chi connectivity index (χ0n) is 40.9. The average Bonchev–Trinajstić information content (AvgIpc) is 3.35. The maximum absolute atomic E-state index is 14.6. The van der Waals surface area contributed by atoms with Crippen LogP contribution in [0.15, 0.2) is 12.2 Å². The molecule has 0 saturated heterocycles. The Morgan fingerprint density at radius 3 is 1.79 bits per heavy atom. The molecule has 1 heterocycles. The zero-order chi connectivity index (χ0) is 54.7. The van der Waals surface area contributed by atoms with Crippen LogP contribution in [-0.2, 0) is 76.7 Å². The van der Waals surface area contributed by atoms with Crippen LogP contribution >= 0.6 is 0 Å². The van der Waals surface area contributed by atoms with Gasteiger partial charge in [0.15, 0.2) is 23.9 Å². The van der Waals surface area contributed by atoms with Gasteiger partial charge >= 0.3 is 17.9 Å². The van der Waals surface area contributed by atoms with Crippen LogP contribution in [0.1, 0.15) is 92.4 Å². The Morgan fingerprint density at radius 1 is 0.694 bits per heavy atom. The number of rotatable bonds is 33. The molecule has 0 unspecified atom stereocenters. The number of ether oxygens (including phenoxy) is 1. The molecule has 0 saturated carbocycles. The van der Waals surface area contributed by atoms with Crippen molar-refractivity contribution < 1.29 is 86.9 Å². The van der Waals surface area contributed by atoms with E-state index in [1.807, 2.05) is 0 Å². The minimum Gasteiger partial charge on any atom is -0.481 e. The molecule has 0 aromatic carbocycles. The number of hydrogen-bond donors (Lipinski definition) is 10. The lowest BCUT2D eigenvalue weighted by Gasteiger charge is -2.36. The molecule has 27 nitrogen and oxygen atoms in total. The van der Waals surface area contributed by atoms with Crippen LogP contribution in [0.5, 0.6) is 0 Å². The molecule has 27 heteroatoms.